The predicted molar refractivity (Wildman–Crippen MR) is 117 cm³/mol. The summed E-state index contributed by atoms with van der Waals surface area (Å²) in [6.07, 6.45) is -0.296. The monoisotopic (exact) mass is 430 g/mol. The second kappa shape index (κ2) is 10.3. The van der Waals surface area contributed by atoms with Crippen LogP contribution in [-0.4, -0.2) is 49.4 Å². The Bertz CT molecular complexity index is 909. The smallest absolute Gasteiger partial charge is 0.226 e. The van der Waals surface area contributed by atoms with E-state index in [1.165, 1.54) is 13.0 Å². The molecule has 166 valence electrons. The van der Waals surface area contributed by atoms with Gasteiger partial charge >= 0.3 is 0 Å². The predicted octanol–water partition coefficient (Wildman–Crippen LogP) is 3.31. The standard InChI is InChI=1S/C23H28F2N4O2/c1-3-28-11-13-29(14-12-28)21-10-5-4-9-19(21)27-22(31)15-20(26-16(2)30)23-17(24)7-6-8-18(23)25/h4-10,20H,3,11-15H2,1-2H3,(H,26,30)(H,27,31). The molecular weight excluding hydrogens is 402 g/mol. The van der Waals surface area contributed by atoms with Crippen LogP contribution in [0.3, 0.4) is 0 Å². The lowest BCUT2D eigenvalue weighted by Crippen LogP contribution is -2.46. The molecule has 1 aliphatic heterocycles. The number of carbonyl (C=O) groups excluding carboxylic acids is 2. The maximum absolute atomic E-state index is 14.3. The van der Waals surface area contributed by atoms with E-state index in [-0.39, 0.29) is 12.0 Å². The number of nitrogens with one attached hydrogen (secondary N) is 2. The van der Waals surface area contributed by atoms with Crippen LogP contribution in [0.4, 0.5) is 20.2 Å². The fourth-order valence-electron chi connectivity index (χ4n) is 3.86. The molecule has 3 rings (SSSR count). The first-order chi connectivity index (χ1) is 14.9. The Balaban J connectivity index is 1.75. The molecule has 0 saturated carbocycles. The van der Waals surface area contributed by atoms with E-state index in [2.05, 4.69) is 27.4 Å². The Morgan fingerprint density at radius 3 is 2.26 bits per heavy atom. The molecule has 31 heavy (non-hydrogen) atoms. The van der Waals surface area contributed by atoms with Gasteiger partial charge in [0.2, 0.25) is 11.8 Å². The molecule has 0 bridgehead atoms. The van der Waals surface area contributed by atoms with Gasteiger partial charge in [-0.3, -0.25) is 9.59 Å². The maximum Gasteiger partial charge on any atom is 0.226 e. The van der Waals surface area contributed by atoms with E-state index in [1.807, 2.05) is 18.2 Å². The number of likely N-dealkylation sites (N-methyl/N-ethyl adjacent to an activating group) is 1. The van der Waals surface area contributed by atoms with Crippen LogP contribution in [-0.2, 0) is 9.59 Å². The molecule has 1 fully saturated rings. The molecule has 0 spiro atoms. The summed E-state index contributed by atoms with van der Waals surface area (Å²) in [5.41, 5.74) is 1.21. The van der Waals surface area contributed by atoms with Crippen LogP contribution < -0.4 is 15.5 Å². The van der Waals surface area contributed by atoms with Crippen molar-refractivity contribution in [3.63, 3.8) is 0 Å². The normalized spacial score (nSPS) is 15.4. The summed E-state index contributed by atoms with van der Waals surface area (Å²) in [4.78, 5) is 29.0. The average Bonchev–Trinajstić information content (AvgIpc) is 2.73. The number of rotatable bonds is 7. The van der Waals surface area contributed by atoms with E-state index >= 15 is 0 Å². The highest BCUT2D eigenvalue weighted by Crippen LogP contribution is 2.28. The van der Waals surface area contributed by atoms with E-state index in [0.29, 0.717) is 5.69 Å². The van der Waals surface area contributed by atoms with E-state index in [1.54, 1.807) is 6.07 Å². The summed E-state index contributed by atoms with van der Waals surface area (Å²) in [7, 11) is 0. The lowest BCUT2D eigenvalue weighted by atomic mass is 10.0. The van der Waals surface area contributed by atoms with Gasteiger partial charge in [-0.05, 0) is 30.8 Å². The molecule has 1 atom stereocenters. The van der Waals surface area contributed by atoms with Crippen LogP contribution >= 0.6 is 0 Å². The van der Waals surface area contributed by atoms with Gasteiger partial charge in [0.25, 0.3) is 0 Å². The van der Waals surface area contributed by atoms with E-state index in [0.717, 1.165) is 50.5 Å². The van der Waals surface area contributed by atoms with Crippen LogP contribution in [0.2, 0.25) is 0 Å². The molecule has 8 heteroatoms. The molecule has 2 amide bonds. The summed E-state index contributed by atoms with van der Waals surface area (Å²) >= 11 is 0. The number of nitrogens with zero attached hydrogens (tertiary/aromatic N) is 2. The Kier molecular flexibility index (Phi) is 7.57. The minimum Gasteiger partial charge on any atom is -0.367 e. The van der Waals surface area contributed by atoms with Crippen molar-refractivity contribution in [2.75, 3.05) is 42.9 Å². The van der Waals surface area contributed by atoms with Gasteiger partial charge in [0.05, 0.1) is 23.8 Å². The molecule has 2 aromatic carbocycles. The van der Waals surface area contributed by atoms with Gasteiger partial charge in [-0.25, -0.2) is 8.78 Å². The zero-order valence-corrected chi connectivity index (χ0v) is 17.8. The minimum absolute atomic E-state index is 0.296. The number of carbonyl (C=O) groups is 2. The SMILES string of the molecule is CCN1CCN(c2ccccc2NC(=O)CC(NC(C)=O)c2c(F)cccc2F)CC1. The van der Waals surface area contributed by atoms with Gasteiger partial charge in [0.1, 0.15) is 11.6 Å². The third kappa shape index (κ3) is 5.79. The van der Waals surface area contributed by atoms with Crippen LogP contribution in [0.5, 0.6) is 0 Å². The second-order valence-corrected chi connectivity index (χ2v) is 7.58. The van der Waals surface area contributed by atoms with Crippen molar-refractivity contribution in [3.05, 3.63) is 59.7 Å². The number of benzene rings is 2. The largest absolute Gasteiger partial charge is 0.367 e. The summed E-state index contributed by atoms with van der Waals surface area (Å²) in [5, 5.41) is 5.34. The Hall–Kier alpha value is -3.00. The van der Waals surface area contributed by atoms with Gasteiger partial charge in [0, 0.05) is 38.7 Å². The zero-order chi connectivity index (χ0) is 22.4. The van der Waals surface area contributed by atoms with Gasteiger partial charge in [-0.2, -0.15) is 0 Å². The summed E-state index contributed by atoms with van der Waals surface area (Å²) in [6, 6.07) is 9.82. The van der Waals surface area contributed by atoms with Crippen LogP contribution in [0.1, 0.15) is 31.9 Å². The van der Waals surface area contributed by atoms with Gasteiger partial charge in [-0.1, -0.05) is 25.1 Å². The van der Waals surface area contributed by atoms with Crippen molar-refractivity contribution < 1.29 is 18.4 Å². The molecule has 2 aromatic rings. The first-order valence-electron chi connectivity index (χ1n) is 10.5. The van der Waals surface area contributed by atoms with Crippen molar-refractivity contribution in [2.45, 2.75) is 26.3 Å². The molecule has 0 radical (unpaired) electrons. The topological polar surface area (TPSA) is 64.7 Å². The summed E-state index contributed by atoms with van der Waals surface area (Å²) in [6.45, 7) is 7.95. The molecule has 1 unspecified atom stereocenters. The van der Waals surface area contributed by atoms with Crippen molar-refractivity contribution >= 4 is 23.2 Å². The van der Waals surface area contributed by atoms with Crippen molar-refractivity contribution in [1.29, 1.82) is 0 Å². The fraction of sp³-hybridized carbons (Fsp3) is 0.391. The maximum atomic E-state index is 14.3. The Morgan fingerprint density at radius 1 is 1.00 bits per heavy atom. The fourth-order valence-corrected chi connectivity index (χ4v) is 3.86. The van der Waals surface area contributed by atoms with E-state index in [9.17, 15) is 18.4 Å². The highest BCUT2D eigenvalue weighted by atomic mass is 19.1. The first kappa shape index (κ1) is 22.7. The molecule has 0 aliphatic carbocycles. The molecular formula is C23H28F2N4O2. The number of halogens is 2. The number of hydrogen-bond donors (Lipinski definition) is 2. The van der Waals surface area contributed by atoms with Gasteiger partial charge in [0.15, 0.2) is 0 Å². The molecule has 1 heterocycles. The zero-order valence-electron chi connectivity index (χ0n) is 17.8. The number of hydrogen-bond acceptors (Lipinski definition) is 4. The average molecular weight is 430 g/mol. The molecule has 1 aliphatic rings. The summed E-state index contributed by atoms with van der Waals surface area (Å²) < 4.78 is 28.5. The molecule has 2 N–H and O–H groups in total. The Morgan fingerprint density at radius 2 is 1.65 bits per heavy atom. The lowest BCUT2D eigenvalue weighted by Gasteiger charge is -2.36. The minimum atomic E-state index is -1.11. The second-order valence-electron chi connectivity index (χ2n) is 7.58. The molecule has 0 aromatic heterocycles. The van der Waals surface area contributed by atoms with Gasteiger partial charge < -0.3 is 20.4 Å². The highest BCUT2D eigenvalue weighted by molar-refractivity contribution is 5.95. The Labute approximate surface area is 181 Å². The van der Waals surface area contributed by atoms with Crippen molar-refractivity contribution in [2.24, 2.45) is 0 Å². The first-order valence-corrected chi connectivity index (χ1v) is 10.5. The molecule has 6 nitrogen and oxygen atoms in total. The van der Waals surface area contributed by atoms with Crippen LogP contribution in [0.25, 0.3) is 0 Å². The van der Waals surface area contributed by atoms with Crippen LogP contribution in [0, 0.1) is 11.6 Å². The number of anilines is 2. The summed E-state index contributed by atoms with van der Waals surface area (Å²) in [5.74, 6) is -2.53. The number of para-hydroxylation sites is 2. The van der Waals surface area contributed by atoms with Crippen molar-refractivity contribution in [3.8, 4) is 0 Å². The quantitative estimate of drug-likeness (QED) is 0.708. The van der Waals surface area contributed by atoms with E-state index < -0.39 is 29.5 Å². The number of piperazine rings is 1. The van der Waals surface area contributed by atoms with E-state index in [4.69, 9.17) is 0 Å². The van der Waals surface area contributed by atoms with Crippen LogP contribution in [0.15, 0.2) is 42.5 Å². The van der Waals surface area contributed by atoms with Gasteiger partial charge in [-0.15, -0.1) is 0 Å². The third-order valence-corrected chi connectivity index (χ3v) is 5.45. The number of amides is 2. The molecule has 1 saturated heterocycles. The highest BCUT2D eigenvalue weighted by Gasteiger charge is 2.25. The van der Waals surface area contributed by atoms with Crippen molar-refractivity contribution in [1.82, 2.24) is 10.2 Å². The lowest BCUT2D eigenvalue weighted by molar-refractivity contribution is -0.120. The third-order valence-electron chi connectivity index (χ3n) is 5.45.